The molecule has 1 aliphatic carbocycles. The van der Waals surface area contributed by atoms with Gasteiger partial charge in [0.25, 0.3) is 0 Å². The molecule has 0 atom stereocenters. The van der Waals surface area contributed by atoms with Crippen molar-refractivity contribution < 1.29 is 18.3 Å². The molecular weight excluding hydrogens is 304 g/mol. The molecule has 2 rings (SSSR count). The molecule has 1 fully saturated rings. The summed E-state index contributed by atoms with van der Waals surface area (Å²) in [5.74, 6) is -1.14. The van der Waals surface area contributed by atoms with E-state index in [0.29, 0.717) is 12.2 Å². The first-order valence-corrected chi connectivity index (χ1v) is 9.06. The predicted octanol–water partition coefficient (Wildman–Crippen LogP) is 2.43. The van der Waals surface area contributed by atoms with Crippen molar-refractivity contribution in [1.82, 2.24) is 4.72 Å². The number of aromatic carboxylic acids is 1. The fourth-order valence-electron chi connectivity index (χ4n) is 2.10. The quantitative estimate of drug-likeness (QED) is 0.606. The van der Waals surface area contributed by atoms with Crippen molar-refractivity contribution in [1.29, 1.82) is 0 Å². The number of unbranched alkanes of at least 4 members (excludes halogenated alkanes) is 2. The van der Waals surface area contributed by atoms with Crippen LogP contribution in [-0.4, -0.2) is 32.1 Å². The fraction of sp³-hybridized carbons (Fsp3) is 0.533. The van der Waals surface area contributed by atoms with Gasteiger partial charge in [0.15, 0.2) is 0 Å². The molecule has 0 saturated heterocycles. The number of carboxylic acids is 1. The first kappa shape index (κ1) is 16.8. The first-order chi connectivity index (χ1) is 10.4. The van der Waals surface area contributed by atoms with Crippen molar-refractivity contribution in [3.05, 3.63) is 23.8 Å². The summed E-state index contributed by atoms with van der Waals surface area (Å²) in [4.78, 5) is 11.1. The molecule has 0 unspecified atom stereocenters. The Balaban J connectivity index is 2.23. The van der Waals surface area contributed by atoms with Crippen molar-refractivity contribution in [2.45, 2.75) is 50.0 Å². The summed E-state index contributed by atoms with van der Waals surface area (Å²) in [6.07, 6.45) is 4.73. The summed E-state index contributed by atoms with van der Waals surface area (Å²) in [7, 11) is -3.72. The number of carboxylic acid groups (broad SMARTS) is 1. The fourth-order valence-corrected chi connectivity index (χ4v) is 3.37. The predicted molar refractivity (Wildman–Crippen MR) is 84.8 cm³/mol. The smallest absolute Gasteiger partial charge is 0.335 e. The van der Waals surface area contributed by atoms with Gasteiger partial charge < -0.3 is 10.4 Å². The zero-order chi connectivity index (χ0) is 16.2. The lowest BCUT2D eigenvalue weighted by Gasteiger charge is -2.13. The minimum Gasteiger partial charge on any atom is -0.478 e. The highest BCUT2D eigenvalue weighted by Crippen LogP contribution is 2.29. The van der Waals surface area contributed by atoms with Crippen molar-refractivity contribution in [2.24, 2.45) is 0 Å². The minimum absolute atomic E-state index is 0.01000. The van der Waals surface area contributed by atoms with Gasteiger partial charge in [0.1, 0.15) is 4.90 Å². The van der Waals surface area contributed by atoms with Crippen LogP contribution < -0.4 is 10.0 Å². The number of nitrogens with one attached hydrogen (secondary N) is 2. The zero-order valence-electron chi connectivity index (χ0n) is 12.6. The van der Waals surface area contributed by atoms with Gasteiger partial charge in [-0.05, 0) is 37.5 Å². The molecule has 1 aliphatic rings. The van der Waals surface area contributed by atoms with Gasteiger partial charge in [0, 0.05) is 12.6 Å². The third kappa shape index (κ3) is 4.45. The van der Waals surface area contributed by atoms with Crippen molar-refractivity contribution in [3.8, 4) is 0 Å². The largest absolute Gasteiger partial charge is 0.478 e. The van der Waals surface area contributed by atoms with Gasteiger partial charge in [0.2, 0.25) is 10.0 Å². The van der Waals surface area contributed by atoms with E-state index in [4.69, 9.17) is 5.11 Å². The molecule has 0 spiro atoms. The lowest BCUT2D eigenvalue weighted by Crippen LogP contribution is -2.26. The van der Waals surface area contributed by atoms with Gasteiger partial charge in [-0.2, -0.15) is 0 Å². The van der Waals surface area contributed by atoms with Crippen molar-refractivity contribution in [3.63, 3.8) is 0 Å². The Bertz CT molecular complexity index is 639. The van der Waals surface area contributed by atoms with E-state index in [9.17, 15) is 13.2 Å². The second-order valence-corrected chi connectivity index (χ2v) is 7.27. The SMILES string of the molecule is CCCCCNS(=O)(=O)c1cc(C(=O)O)ccc1NC1CC1. The number of carbonyl (C=O) groups is 1. The van der Waals surface area contributed by atoms with Gasteiger partial charge in [-0.1, -0.05) is 19.8 Å². The molecule has 122 valence electrons. The van der Waals surface area contributed by atoms with Gasteiger partial charge >= 0.3 is 5.97 Å². The topological polar surface area (TPSA) is 95.5 Å². The van der Waals surface area contributed by atoms with E-state index in [-0.39, 0.29) is 16.5 Å². The summed E-state index contributed by atoms with van der Waals surface area (Å²) < 4.78 is 27.4. The average molecular weight is 326 g/mol. The van der Waals surface area contributed by atoms with Gasteiger partial charge in [-0.3, -0.25) is 0 Å². The van der Waals surface area contributed by atoms with E-state index in [2.05, 4.69) is 10.0 Å². The molecule has 0 aromatic heterocycles. The van der Waals surface area contributed by atoms with Crippen molar-refractivity contribution in [2.75, 3.05) is 11.9 Å². The second kappa shape index (κ2) is 7.11. The maximum absolute atomic E-state index is 12.4. The van der Waals surface area contributed by atoms with Crippen LogP contribution in [0.4, 0.5) is 5.69 Å². The lowest BCUT2D eigenvalue weighted by atomic mass is 10.2. The molecule has 0 amide bonds. The van der Waals surface area contributed by atoms with Crippen LogP contribution in [0.5, 0.6) is 0 Å². The Morgan fingerprint density at radius 1 is 1.32 bits per heavy atom. The Morgan fingerprint density at radius 3 is 2.64 bits per heavy atom. The maximum atomic E-state index is 12.4. The molecule has 1 saturated carbocycles. The van der Waals surface area contributed by atoms with Crippen LogP contribution in [0.3, 0.4) is 0 Å². The Morgan fingerprint density at radius 2 is 2.05 bits per heavy atom. The van der Waals surface area contributed by atoms with Crippen LogP contribution in [0.2, 0.25) is 0 Å². The van der Waals surface area contributed by atoms with Crippen LogP contribution in [-0.2, 0) is 10.0 Å². The van der Waals surface area contributed by atoms with E-state index >= 15 is 0 Å². The summed E-state index contributed by atoms with van der Waals surface area (Å²) in [6.45, 7) is 2.40. The highest BCUT2D eigenvalue weighted by atomic mass is 32.2. The third-order valence-corrected chi connectivity index (χ3v) is 5.03. The molecule has 0 aliphatic heterocycles. The van der Waals surface area contributed by atoms with E-state index in [1.165, 1.54) is 18.2 Å². The molecule has 22 heavy (non-hydrogen) atoms. The highest BCUT2D eigenvalue weighted by molar-refractivity contribution is 7.89. The molecule has 1 aromatic carbocycles. The maximum Gasteiger partial charge on any atom is 0.335 e. The third-order valence-electron chi connectivity index (χ3n) is 3.53. The summed E-state index contributed by atoms with van der Waals surface area (Å²) in [5.41, 5.74) is 0.436. The zero-order valence-corrected chi connectivity index (χ0v) is 13.4. The van der Waals surface area contributed by atoms with E-state index < -0.39 is 16.0 Å². The Kier molecular flexibility index (Phi) is 5.42. The summed E-state index contributed by atoms with van der Waals surface area (Å²) in [5, 5.41) is 12.2. The number of anilines is 1. The molecule has 7 heteroatoms. The normalized spacial score (nSPS) is 14.8. The standard InChI is InChI=1S/C15H22N2O4S/c1-2-3-4-9-16-22(20,21)14-10-11(15(18)19)5-8-13(14)17-12-6-7-12/h5,8,10,12,16-17H,2-4,6-7,9H2,1H3,(H,18,19). The molecule has 3 N–H and O–H groups in total. The number of rotatable bonds is 9. The van der Waals surface area contributed by atoms with Crippen LogP contribution in [0.15, 0.2) is 23.1 Å². The molecule has 0 heterocycles. The van der Waals surface area contributed by atoms with Gasteiger partial charge in [0.05, 0.1) is 11.3 Å². The molecular formula is C15H22N2O4S. The lowest BCUT2D eigenvalue weighted by molar-refractivity contribution is 0.0696. The summed E-state index contributed by atoms with van der Waals surface area (Å²) in [6, 6.07) is 4.45. The number of benzene rings is 1. The number of hydrogen-bond donors (Lipinski definition) is 3. The van der Waals surface area contributed by atoms with E-state index in [0.717, 1.165) is 32.1 Å². The summed E-state index contributed by atoms with van der Waals surface area (Å²) >= 11 is 0. The monoisotopic (exact) mass is 326 g/mol. The second-order valence-electron chi connectivity index (χ2n) is 5.54. The highest BCUT2D eigenvalue weighted by Gasteiger charge is 2.26. The van der Waals surface area contributed by atoms with Crippen LogP contribution in [0.25, 0.3) is 0 Å². The molecule has 0 radical (unpaired) electrons. The van der Waals surface area contributed by atoms with E-state index in [1.54, 1.807) is 0 Å². The van der Waals surface area contributed by atoms with E-state index in [1.807, 2.05) is 6.92 Å². The minimum atomic E-state index is -3.72. The Hall–Kier alpha value is -1.60. The van der Waals surface area contributed by atoms with Gasteiger partial charge in [-0.15, -0.1) is 0 Å². The number of sulfonamides is 1. The molecule has 0 bridgehead atoms. The molecule has 1 aromatic rings. The number of hydrogen-bond acceptors (Lipinski definition) is 4. The first-order valence-electron chi connectivity index (χ1n) is 7.57. The molecule has 6 nitrogen and oxygen atoms in total. The van der Waals surface area contributed by atoms with Crippen molar-refractivity contribution >= 4 is 21.7 Å². The van der Waals surface area contributed by atoms with Crippen LogP contribution in [0, 0.1) is 0 Å². The average Bonchev–Trinajstić information content (AvgIpc) is 3.27. The van der Waals surface area contributed by atoms with Crippen LogP contribution in [0.1, 0.15) is 49.4 Å². The van der Waals surface area contributed by atoms with Crippen LogP contribution >= 0.6 is 0 Å². The van der Waals surface area contributed by atoms with Gasteiger partial charge in [-0.25, -0.2) is 17.9 Å². The Labute approximate surface area is 131 Å².